The van der Waals surface area contributed by atoms with Crippen LogP contribution in [0, 0.1) is 6.92 Å². The molecule has 0 aliphatic carbocycles. The summed E-state index contributed by atoms with van der Waals surface area (Å²) in [4.78, 5) is 31.9. The largest absolute Gasteiger partial charge is 0.421 e. The second-order valence-corrected chi connectivity index (χ2v) is 6.61. The zero-order valence-corrected chi connectivity index (χ0v) is 15.0. The number of H-pyrrole nitrogens is 1. The molecule has 0 aliphatic heterocycles. The van der Waals surface area contributed by atoms with Gasteiger partial charge in [-0.15, -0.1) is 0 Å². The summed E-state index contributed by atoms with van der Waals surface area (Å²) in [5.74, 6) is 0. The molecule has 0 spiro atoms. The van der Waals surface area contributed by atoms with Gasteiger partial charge in [0, 0.05) is 17.8 Å². The first kappa shape index (κ1) is 16.3. The number of aromatic amines is 1. The van der Waals surface area contributed by atoms with Gasteiger partial charge in [-0.1, -0.05) is 24.3 Å². The standard InChI is InChI=1S/C22H15N3O3/c1-13-4-2-3-5-17(13)25-20-16-12-15(14-8-10-23-11-9-14)6-7-18(16)28-21(26)19(20)24-22(25)27/h2-12H,1H3,(H,24,27). The fourth-order valence-electron chi connectivity index (χ4n) is 3.56. The Labute approximate surface area is 158 Å². The van der Waals surface area contributed by atoms with Crippen LogP contribution >= 0.6 is 0 Å². The molecule has 0 bridgehead atoms. The van der Waals surface area contributed by atoms with E-state index in [0.717, 1.165) is 22.4 Å². The van der Waals surface area contributed by atoms with E-state index >= 15 is 0 Å². The van der Waals surface area contributed by atoms with Gasteiger partial charge < -0.3 is 4.42 Å². The monoisotopic (exact) mass is 369 g/mol. The number of imidazole rings is 1. The molecule has 1 N–H and O–H groups in total. The maximum absolute atomic E-state index is 12.8. The van der Waals surface area contributed by atoms with E-state index in [4.69, 9.17) is 4.42 Å². The Morgan fingerprint density at radius 1 is 0.964 bits per heavy atom. The number of hydrogen-bond donors (Lipinski definition) is 1. The third kappa shape index (κ3) is 2.39. The van der Waals surface area contributed by atoms with Crippen molar-refractivity contribution in [3.63, 3.8) is 0 Å². The van der Waals surface area contributed by atoms with Crippen LogP contribution in [-0.4, -0.2) is 14.5 Å². The first-order chi connectivity index (χ1) is 13.6. The number of nitrogens with zero attached hydrogens (tertiary/aromatic N) is 2. The summed E-state index contributed by atoms with van der Waals surface area (Å²) in [5, 5.41) is 0.686. The number of hydrogen-bond acceptors (Lipinski definition) is 4. The van der Waals surface area contributed by atoms with Crippen molar-refractivity contribution < 1.29 is 4.42 Å². The molecule has 5 rings (SSSR count). The van der Waals surface area contributed by atoms with E-state index in [1.54, 1.807) is 23.0 Å². The minimum atomic E-state index is -0.566. The number of rotatable bonds is 2. The molecular weight excluding hydrogens is 354 g/mol. The number of benzene rings is 2. The predicted octanol–water partition coefficient (Wildman–Crippen LogP) is 3.80. The van der Waals surface area contributed by atoms with E-state index in [0.29, 0.717) is 16.5 Å². The van der Waals surface area contributed by atoms with Crippen LogP contribution in [0.4, 0.5) is 0 Å². The van der Waals surface area contributed by atoms with Gasteiger partial charge in [0.05, 0.1) is 11.2 Å². The maximum Gasteiger partial charge on any atom is 0.362 e. The van der Waals surface area contributed by atoms with Crippen LogP contribution in [0.5, 0.6) is 0 Å². The summed E-state index contributed by atoms with van der Waals surface area (Å²) in [7, 11) is 0. The molecule has 6 nitrogen and oxygen atoms in total. The Hall–Kier alpha value is -3.93. The highest BCUT2D eigenvalue weighted by Gasteiger charge is 2.18. The van der Waals surface area contributed by atoms with Crippen molar-refractivity contribution in [2.75, 3.05) is 0 Å². The van der Waals surface area contributed by atoms with Crippen LogP contribution in [0.15, 0.2) is 81.0 Å². The van der Waals surface area contributed by atoms with Crippen LogP contribution < -0.4 is 11.3 Å². The zero-order chi connectivity index (χ0) is 19.3. The number of fused-ring (bicyclic) bond motifs is 3. The third-order valence-corrected chi connectivity index (χ3v) is 4.91. The van der Waals surface area contributed by atoms with Gasteiger partial charge in [0.25, 0.3) is 0 Å². The van der Waals surface area contributed by atoms with Crippen molar-refractivity contribution in [3.05, 3.63) is 93.5 Å². The number of aryl methyl sites for hydroxylation is 1. The molecule has 0 amide bonds. The van der Waals surface area contributed by atoms with Gasteiger partial charge in [0.15, 0.2) is 5.52 Å². The van der Waals surface area contributed by atoms with Gasteiger partial charge in [0.2, 0.25) is 0 Å². The Morgan fingerprint density at radius 2 is 1.75 bits per heavy atom. The molecule has 0 radical (unpaired) electrons. The lowest BCUT2D eigenvalue weighted by atomic mass is 10.0. The first-order valence-corrected chi connectivity index (χ1v) is 8.81. The molecule has 0 atom stereocenters. The van der Waals surface area contributed by atoms with E-state index in [-0.39, 0.29) is 11.2 Å². The molecule has 28 heavy (non-hydrogen) atoms. The molecule has 0 saturated heterocycles. The Bertz CT molecular complexity index is 1460. The Balaban J connectivity index is 1.94. The fraction of sp³-hybridized carbons (Fsp3) is 0.0455. The van der Waals surface area contributed by atoms with Gasteiger partial charge in [-0.3, -0.25) is 14.5 Å². The van der Waals surface area contributed by atoms with Gasteiger partial charge >= 0.3 is 11.3 Å². The zero-order valence-electron chi connectivity index (χ0n) is 15.0. The number of pyridine rings is 1. The molecule has 5 aromatic rings. The predicted molar refractivity (Wildman–Crippen MR) is 108 cm³/mol. The number of aromatic nitrogens is 3. The van der Waals surface area contributed by atoms with Crippen molar-refractivity contribution >= 4 is 22.0 Å². The Morgan fingerprint density at radius 3 is 2.54 bits per heavy atom. The van der Waals surface area contributed by atoms with Crippen molar-refractivity contribution in [1.29, 1.82) is 0 Å². The summed E-state index contributed by atoms with van der Waals surface area (Å²) >= 11 is 0. The first-order valence-electron chi connectivity index (χ1n) is 8.81. The molecule has 0 aliphatic rings. The Kier molecular flexibility index (Phi) is 3.52. The van der Waals surface area contributed by atoms with E-state index in [9.17, 15) is 9.59 Å². The second-order valence-electron chi connectivity index (χ2n) is 6.61. The highest BCUT2D eigenvalue weighted by molar-refractivity contribution is 6.03. The quantitative estimate of drug-likeness (QED) is 0.480. The summed E-state index contributed by atoms with van der Waals surface area (Å²) in [5.41, 5.74) is 3.73. The van der Waals surface area contributed by atoms with Gasteiger partial charge in [-0.05, 0) is 53.9 Å². The molecule has 3 aromatic heterocycles. The van der Waals surface area contributed by atoms with E-state index in [1.807, 2.05) is 55.5 Å². The SMILES string of the molecule is Cc1ccccc1-n1c(=O)[nH]c2c(=O)oc3ccc(-c4ccncc4)cc3c21. The molecule has 2 aromatic carbocycles. The molecule has 0 fully saturated rings. The van der Waals surface area contributed by atoms with Crippen LogP contribution in [0.2, 0.25) is 0 Å². The van der Waals surface area contributed by atoms with Crippen molar-refractivity contribution in [3.8, 4) is 16.8 Å². The topological polar surface area (TPSA) is 80.9 Å². The van der Waals surface area contributed by atoms with Gasteiger partial charge in [-0.25, -0.2) is 9.59 Å². The smallest absolute Gasteiger partial charge is 0.362 e. The molecule has 136 valence electrons. The van der Waals surface area contributed by atoms with E-state index in [1.165, 1.54) is 0 Å². The fourth-order valence-corrected chi connectivity index (χ4v) is 3.56. The molecule has 6 heteroatoms. The van der Waals surface area contributed by atoms with E-state index in [2.05, 4.69) is 9.97 Å². The molecule has 3 heterocycles. The lowest BCUT2D eigenvalue weighted by Gasteiger charge is -2.09. The highest BCUT2D eigenvalue weighted by atomic mass is 16.4. The minimum absolute atomic E-state index is 0.160. The minimum Gasteiger partial charge on any atom is -0.421 e. The average molecular weight is 369 g/mol. The van der Waals surface area contributed by atoms with Gasteiger partial charge in [-0.2, -0.15) is 0 Å². The summed E-state index contributed by atoms with van der Waals surface area (Å²) < 4.78 is 6.99. The van der Waals surface area contributed by atoms with Crippen LogP contribution in [-0.2, 0) is 0 Å². The van der Waals surface area contributed by atoms with E-state index < -0.39 is 5.63 Å². The lowest BCUT2D eigenvalue weighted by Crippen LogP contribution is -2.15. The van der Waals surface area contributed by atoms with Crippen LogP contribution in [0.25, 0.3) is 38.8 Å². The number of para-hydroxylation sites is 1. The van der Waals surface area contributed by atoms with Crippen molar-refractivity contribution in [1.82, 2.24) is 14.5 Å². The third-order valence-electron chi connectivity index (χ3n) is 4.91. The van der Waals surface area contributed by atoms with Crippen LogP contribution in [0.3, 0.4) is 0 Å². The van der Waals surface area contributed by atoms with Crippen molar-refractivity contribution in [2.24, 2.45) is 0 Å². The summed E-state index contributed by atoms with van der Waals surface area (Å²) in [6, 6.07) is 16.9. The average Bonchev–Trinajstić information content (AvgIpc) is 3.07. The second kappa shape index (κ2) is 6.06. The van der Waals surface area contributed by atoms with Crippen LogP contribution in [0.1, 0.15) is 5.56 Å². The molecule has 0 saturated carbocycles. The highest BCUT2D eigenvalue weighted by Crippen LogP contribution is 2.29. The number of nitrogens with one attached hydrogen (secondary N) is 1. The van der Waals surface area contributed by atoms with Crippen molar-refractivity contribution in [2.45, 2.75) is 6.92 Å². The summed E-state index contributed by atoms with van der Waals surface area (Å²) in [6.07, 6.45) is 3.44. The van der Waals surface area contributed by atoms with Gasteiger partial charge in [0.1, 0.15) is 5.58 Å². The normalized spacial score (nSPS) is 11.3. The summed E-state index contributed by atoms with van der Waals surface area (Å²) in [6.45, 7) is 1.93. The maximum atomic E-state index is 12.8. The molecule has 0 unspecified atom stereocenters. The molecular formula is C22H15N3O3. The lowest BCUT2D eigenvalue weighted by molar-refractivity contribution is 0.568.